The number of carboxylic acid groups (broad SMARTS) is 1. The van der Waals surface area contributed by atoms with Crippen molar-refractivity contribution in [3.63, 3.8) is 0 Å². The van der Waals surface area contributed by atoms with Crippen LogP contribution >= 0.6 is 0 Å². The normalized spacial score (nSPS) is 13.2. The maximum absolute atomic E-state index is 11.1. The van der Waals surface area contributed by atoms with E-state index in [1.165, 1.54) is 6.07 Å². The van der Waals surface area contributed by atoms with Crippen molar-refractivity contribution in [1.29, 1.82) is 0 Å². The number of rotatable bonds is 9. The van der Waals surface area contributed by atoms with E-state index in [2.05, 4.69) is 0 Å². The molecule has 0 saturated heterocycles. The highest BCUT2D eigenvalue weighted by Crippen LogP contribution is 2.38. The molecule has 2 aromatic rings. The molecule has 1 aromatic carbocycles. The molecule has 0 bridgehead atoms. The number of aryl methyl sites for hydroxylation is 1. The number of furan rings is 1. The summed E-state index contributed by atoms with van der Waals surface area (Å²) in [6.45, 7) is 14.2. The zero-order valence-corrected chi connectivity index (χ0v) is 18.8. The van der Waals surface area contributed by atoms with E-state index in [1.54, 1.807) is 6.07 Å². The summed E-state index contributed by atoms with van der Waals surface area (Å²) in [6, 6.07) is 9.15. The first-order valence-corrected chi connectivity index (χ1v) is 10.5. The van der Waals surface area contributed by atoms with Crippen molar-refractivity contribution in [3.8, 4) is 5.75 Å². The van der Waals surface area contributed by atoms with Crippen LogP contribution in [0, 0.1) is 6.92 Å². The minimum absolute atomic E-state index is 0.0558. The van der Waals surface area contributed by atoms with E-state index >= 15 is 0 Å². The number of hydrogen-bond acceptors (Lipinski definition) is 4. The Labute approximate surface area is 174 Å². The quantitative estimate of drug-likeness (QED) is 0.539. The van der Waals surface area contributed by atoms with Crippen molar-refractivity contribution in [2.45, 2.75) is 78.7 Å². The van der Waals surface area contributed by atoms with Crippen molar-refractivity contribution >= 4 is 5.97 Å². The third kappa shape index (κ3) is 5.63. The number of ether oxygens (including phenoxy) is 1. The average Bonchev–Trinajstić information content (AvgIpc) is 3.24. The zero-order chi connectivity index (χ0) is 22.2. The lowest BCUT2D eigenvalue weighted by molar-refractivity contribution is -0.0115. The van der Waals surface area contributed by atoms with Crippen LogP contribution in [-0.2, 0) is 5.41 Å². The molecular weight excluding hydrogens is 368 g/mol. The van der Waals surface area contributed by atoms with Gasteiger partial charge in [-0.1, -0.05) is 46.8 Å². The maximum atomic E-state index is 11.1. The predicted octanol–water partition coefficient (Wildman–Crippen LogP) is 5.96. The summed E-state index contributed by atoms with van der Waals surface area (Å²) in [5.41, 5.74) is 0.740. The largest absolute Gasteiger partial charge is 0.490 e. The van der Waals surface area contributed by atoms with Gasteiger partial charge in [-0.05, 0) is 62.4 Å². The van der Waals surface area contributed by atoms with Gasteiger partial charge in [0.15, 0.2) is 0 Å². The second kappa shape index (κ2) is 10.5. The molecule has 5 nitrogen and oxygen atoms in total. The molecular formula is C24H36O5. The number of carboxylic acids is 1. The van der Waals surface area contributed by atoms with Crippen LogP contribution in [0.3, 0.4) is 0 Å². The molecule has 162 valence electrons. The fourth-order valence-corrected chi connectivity index (χ4v) is 3.09. The molecule has 2 rings (SSSR count). The maximum Gasteiger partial charge on any atom is 0.371 e. The van der Waals surface area contributed by atoms with Crippen LogP contribution < -0.4 is 4.74 Å². The van der Waals surface area contributed by atoms with Crippen LogP contribution in [-0.4, -0.2) is 28.4 Å². The molecule has 0 aliphatic carbocycles. The van der Waals surface area contributed by atoms with Crippen LogP contribution in [0.4, 0.5) is 0 Å². The molecule has 0 radical (unpaired) electrons. The fraction of sp³-hybridized carbons (Fsp3) is 0.542. The molecule has 5 heteroatoms. The summed E-state index contributed by atoms with van der Waals surface area (Å²) < 4.78 is 11.5. The van der Waals surface area contributed by atoms with E-state index in [0.29, 0.717) is 18.6 Å². The van der Waals surface area contributed by atoms with Crippen LogP contribution in [0.5, 0.6) is 5.75 Å². The number of aliphatic hydroxyl groups is 1. The second-order valence-corrected chi connectivity index (χ2v) is 7.36. The van der Waals surface area contributed by atoms with Crippen molar-refractivity contribution in [2.24, 2.45) is 0 Å². The van der Waals surface area contributed by atoms with Crippen molar-refractivity contribution in [2.75, 3.05) is 6.61 Å². The van der Waals surface area contributed by atoms with Gasteiger partial charge in [0.1, 0.15) is 18.1 Å². The number of hydrogen-bond donors (Lipinski definition) is 2. The highest BCUT2D eigenvalue weighted by atomic mass is 16.5. The molecule has 0 fully saturated rings. The van der Waals surface area contributed by atoms with Gasteiger partial charge in [-0.3, -0.25) is 0 Å². The average molecular weight is 405 g/mol. The van der Waals surface area contributed by atoms with E-state index in [-0.39, 0.29) is 12.4 Å². The molecule has 1 atom stereocenters. The van der Waals surface area contributed by atoms with E-state index in [9.17, 15) is 9.90 Å². The lowest BCUT2D eigenvalue weighted by atomic mass is 9.77. The first-order valence-electron chi connectivity index (χ1n) is 10.5. The molecule has 0 amide bonds. The topological polar surface area (TPSA) is 79.9 Å². The molecule has 0 aliphatic heterocycles. The minimum Gasteiger partial charge on any atom is -0.490 e. The van der Waals surface area contributed by atoms with Crippen molar-refractivity contribution in [1.82, 2.24) is 0 Å². The van der Waals surface area contributed by atoms with Gasteiger partial charge < -0.3 is 19.4 Å². The van der Waals surface area contributed by atoms with Gasteiger partial charge in [0, 0.05) is 0 Å². The van der Waals surface area contributed by atoms with Crippen molar-refractivity contribution < 1.29 is 24.2 Å². The van der Waals surface area contributed by atoms with Gasteiger partial charge >= 0.3 is 5.97 Å². The predicted molar refractivity (Wildman–Crippen MR) is 116 cm³/mol. The monoisotopic (exact) mass is 404 g/mol. The Hall–Kier alpha value is -2.27. The third-order valence-corrected chi connectivity index (χ3v) is 5.69. The van der Waals surface area contributed by atoms with E-state index in [0.717, 1.165) is 23.3 Å². The van der Waals surface area contributed by atoms with Crippen LogP contribution in [0.15, 0.2) is 34.7 Å². The Morgan fingerprint density at radius 1 is 1.07 bits per heavy atom. The molecule has 0 saturated carbocycles. The number of aromatic carboxylic acids is 1. The van der Waals surface area contributed by atoms with E-state index < -0.39 is 17.0 Å². The molecule has 0 spiro atoms. The lowest BCUT2D eigenvalue weighted by Crippen LogP contribution is -2.34. The van der Waals surface area contributed by atoms with Crippen LogP contribution in [0.25, 0.3) is 0 Å². The molecule has 2 N–H and O–H groups in total. The summed E-state index contributed by atoms with van der Waals surface area (Å²) in [5, 5.41) is 19.5. The highest BCUT2D eigenvalue weighted by Gasteiger charge is 2.32. The minimum atomic E-state index is -1.07. The molecule has 1 unspecified atom stereocenters. The molecule has 1 aromatic heterocycles. The SMILES string of the molecule is CC.CCC(O)(CC)COc1ccc(C(C)(CC)c2ccc(C(=O)O)o2)cc1C. The summed E-state index contributed by atoms with van der Waals surface area (Å²) >= 11 is 0. The first-order chi connectivity index (χ1) is 13.7. The van der Waals surface area contributed by atoms with Crippen molar-refractivity contribution in [3.05, 3.63) is 53.0 Å². The standard InChI is InChI=1S/C22H30O5.C2H6/c1-6-21(5,19-12-11-18(27-19)20(23)24)16-9-10-17(15(4)13-16)26-14-22(25,7-2)8-3;1-2/h9-13,25H,6-8,14H2,1-5H3,(H,23,24);1-2H3. The Bertz CT molecular complexity index is 788. The molecule has 1 heterocycles. The zero-order valence-electron chi connectivity index (χ0n) is 18.8. The Kier molecular flexibility index (Phi) is 8.96. The Balaban J connectivity index is 0.00000204. The summed E-state index contributed by atoms with van der Waals surface area (Å²) in [4.78, 5) is 11.1. The van der Waals surface area contributed by atoms with Gasteiger partial charge in [-0.2, -0.15) is 0 Å². The summed E-state index contributed by atoms with van der Waals surface area (Å²) in [5.74, 6) is 0.240. The second-order valence-electron chi connectivity index (χ2n) is 7.36. The van der Waals surface area contributed by atoms with E-state index in [4.69, 9.17) is 14.3 Å². The molecule has 29 heavy (non-hydrogen) atoms. The summed E-state index contributed by atoms with van der Waals surface area (Å²) in [6.07, 6.45) is 2.03. The third-order valence-electron chi connectivity index (χ3n) is 5.69. The van der Waals surface area contributed by atoms with Gasteiger partial charge in [-0.15, -0.1) is 0 Å². The Morgan fingerprint density at radius 2 is 1.69 bits per heavy atom. The smallest absolute Gasteiger partial charge is 0.371 e. The number of carbonyl (C=O) groups is 1. The van der Waals surface area contributed by atoms with Gasteiger partial charge in [-0.25, -0.2) is 4.79 Å². The highest BCUT2D eigenvalue weighted by molar-refractivity contribution is 5.84. The summed E-state index contributed by atoms with van der Waals surface area (Å²) in [7, 11) is 0. The van der Waals surface area contributed by atoms with Crippen LogP contribution in [0.2, 0.25) is 0 Å². The van der Waals surface area contributed by atoms with Gasteiger partial charge in [0.2, 0.25) is 5.76 Å². The Morgan fingerprint density at radius 3 is 2.14 bits per heavy atom. The first kappa shape index (κ1) is 24.8. The van der Waals surface area contributed by atoms with E-state index in [1.807, 2.05) is 66.7 Å². The van der Waals surface area contributed by atoms with Crippen LogP contribution in [0.1, 0.15) is 88.2 Å². The fourth-order valence-electron chi connectivity index (χ4n) is 3.09. The molecule has 0 aliphatic rings. The van der Waals surface area contributed by atoms with Gasteiger partial charge in [0.05, 0.1) is 11.0 Å². The lowest BCUT2D eigenvalue weighted by Gasteiger charge is -2.28. The van der Waals surface area contributed by atoms with Gasteiger partial charge in [0.25, 0.3) is 0 Å². The number of benzene rings is 1.